The van der Waals surface area contributed by atoms with Crippen LogP contribution in [0.1, 0.15) is 23.9 Å². The van der Waals surface area contributed by atoms with Crippen molar-refractivity contribution < 1.29 is 9.13 Å². The Kier molecular flexibility index (Phi) is 4.16. The van der Waals surface area contributed by atoms with Crippen LogP contribution in [0.15, 0.2) is 24.3 Å². The lowest BCUT2D eigenvalue weighted by atomic mass is 10.2. The Morgan fingerprint density at radius 2 is 2.11 bits per heavy atom. The van der Waals surface area contributed by atoms with Gasteiger partial charge in [0.2, 0.25) is 0 Å². The lowest BCUT2D eigenvalue weighted by molar-refractivity contribution is 0.290. The van der Waals surface area contributed by atoms with Gasteiger partial charge in [0.1, 0.15) is 18.2 Å². The van der Waals surface area contributed by atoms with Gasteiger partial charge < -0.3 is 10.5 Å². The first-order chi connectivity index (χ1) is 9.12. The molecule has 0 aliphatic heterocycles. The Bertz CT molecular complexity index is 566. The fourth-order valence-corrected chi connectivity index (χ4v) is 1.97. The lowest BCUT2D eigenvalue weighted by Gasteiger charge is -2.09. The summed E-state index contributed by atoms with van der Waals surface area (Å²) in [5.74, 6) is 0.153. The minimum atomic E-state index is -0.335. The zero-order valence-electron chi connectivity index (χ0n) is 11.2. The Morgan fingerprint density at radius 1 is 1.32 bits per heavy atom. The molecule has 0 aliphatic rings. The van der Waals surface area contributed by atoms with Crippen molar-refractivity contribution in [3.05, 3.63) is 47.0 Å². The average molecular weight is 263 g/mol. The summed E-state index contributed by atoms with van der Waals surface area (Å²) in [6.45, 7) is 5.39. The summed E-state index contributed by atoms with van der Waals surface area (Å²) in [5, 5.41) is 4.34. The van der Waals surface area contributed by atoms with Crippen LogP contribution in [0.25, 0.3) is 0 Å². The standard InChI is InChI=1S/C14H18FN3O/c1-3-18-13(4-10(2)17-18)9-19-14-6-11(8-16)5-12(15)7-14/h4-7H,3,8-9,16H2,1-2H3. The second-order valence-electron chi connectivity index (χ2n) is 4.38. The number of aryl methyl sites for hydroxylation is 2. The van der Waals surface area contributed by atoms with E-state index in [0.717, 1.165) is 23.5 Å². The molecule has 0 unspecified atom stereocenters. The topological polar surface area (TPSA) is 53.1 Å². The number of hydrogen-bond donors (Lipinski definition) is 1. The molecule has 2 rings (SSSR count). The van der Waals surface area contributed by atoms with Gasteiger partial charge in [0.15, 0.2) is 0 Å². The van der Waals surface area contributed by atoms with Crippen LogP contribution in [-0.2, 0) is 19.7 Å². The normalized spacial score (nSPS) is 10.7. The van der Waals surface area contributed by atoms with Crippen LogP contribution >= 0.6 is 0 Å². The van der Waals surface area contributed by atoms with E-state index < -0.39 is 0 Å². The van der Waals surface area contributed by atoms with E-state index in [1.165, 1.54) is 12.1 Å². The molecule has 0 radical (unpaired) electrons. The number of rotatable bonds is 5. The maximum Gasteiger partial charge on any atom is 0.130 e. The molecule has 1 heterocycles. The summed E-state index contributed by atoms with van der Waals surface area (Å²) in [7, 11) is 0. The number of ether oxygens (including phenoxy) is 1. The summed E-state index contributed by atoms with van der Waals surface area (Å²) in [4.78, 5) is 0. The molecule has 19 heavy (non-hydrogen) atoms. The third kappa shape index (κ3) is 3.32. The zero-order chi connectivity index (χ0) is 13.8. The van der Waals surface area contributed by atoms with Crippen LogP contribution in [0, 0.1) is 12.7 Å². The van der Waals surface area contributed by atoms with Crippen molar-refractivity contribution in [2.24, 2.45) is 5.73 Å². The maximum atomic E-state index is 13.3. The van der Waals surface area contributed by atoms with Gasteiger partial charge in [0, 0.05) is 19.2 Å². The molecule has 0 fully saturated rings. The number of hydrogen-bond acceptors (Lipinski definition) is 3. The first-order valence-electron chi connectivity index (χ1n) is 6.28. The highest BCUT2D eigenvalue weighted by Gasteiger charge is 2.06. The summed E-state index contributed by atoms with van der Waals surface area (Å²) in [6, 6.07) is 6.49. The fourth-order valence-electron chi connectivity index (χ4n) is 1.97. The number of halogens is 1. The van der Waals surface area contributed by atoms with Gasteiger partial charge in [-0.05, 0) is 37.6 Å². The Morgan fingerprint density at radius 3 is 2.79 bits per heavy atom. The highest BCUT2D eigenvalue weighted by atomic mass is 19.1. The Hall–Kier alpha value is -1.88. The summed E-state index contributed by atoms with van der Waals surface area (Å²) < 4.78 is 20.8. The minimum Gasteiger partial charge on any atom is -0.487 e. The summed E-state index contributed by atoms with van der Waals surface area (Å²) >= 11 is 0. The summed E-state index contributed by atoms with van der Waals surface area (Å²) in [6.07, 6.45) is 0. The van der Waals surface area contributed by atoms with Crippen LogP contribution in [0.4, 0.5) is 4.39 Å². The third-order valence-corrected chi connectivity index (χ3v) is 2.84. The molecule has 0 spiro atoms. The van der Waals surface area contributed by atoms with Gasteiger partial charge in [-0.25, -0.2) is 4.39 Å². The van der Waals surface area contributed by atoms with Gasteiger partial charge in [-0.1, -0.05) is 0 Å². The number of nitrogens with two attached hydrogens (primary N) is 1. The molecule has 0 aliphatic carbocycles. The minimum absolute atomic E-state index is 0.292. The predicted octanol–water partition coefficient (Wildman–Crippen LogP) is 2.39. The van der Waals surface area contributed by atoms with Crippen molar-refractivity contribution in [3.8, 4) is 5.75 Å². The summed E-state index contributed by atoms with van der Waals surface area (Å²) in [5.41, 5.74) is 8.14. The number of nitrogens with zero attached hydrogens (tertiary/aromatic N) is 2. The molecule has 102 valence electrons. The zero-order valence-corrected chi connectivity index (χ0v) is 11.2. The fraction of sp³-hybridized carbons (Fsp3) is 0.357. The quantitative estimate of drug-likeness (QED) is 0.901. The van der Waals surface area contributed by atoms with Gasteiger partial charge >= 0.3 is 0 Å². The van der Waals surface area contributed by atoms with E-state index in [4.69, 9.17) is 10.5 Å². The largest absolute Gasteiger partial charge is 0.487 e. The molecule has 2 N–H and O–H groups in total. The molecule has 0 atom stereocenters. The van der Waals surface area contributed by atoms with E-state index in [-0.39, 0.29) is 5.82 Å². The van der Waals surface area contributed by atoms with Crippen molar-refractivity contribution in [2.75, 3.05) is 0 Å². The van der Waals surface area contributed by atoms with E-state index in [1.54, 1.807) is 6.07 Å². The lowest BCUT2D eigenvalue weighted by Crippen LogP contribution is -2.06. The van der Waals surface area contributed by atoms with E-state index >= 15 is 0 Å². The predicted molar refractivity (Wildman–Crippen MR) is 71.3 cm³/mol. The number of benzene rings is 1. The number of aromatic nitrogens is 2. The molecule has 1 aromatic carbocycles. The smallest absolute Gasteiger partial charge is 0.130 e. The van der Waals surface area contributed by atoms with Gasteiger partial charge in [-0.15, -0.1) is 0 Å². The van der Waals surface area contributed by atoms with Gasteiger partial charge in [-0.3, -0.25) is 4.68 Å². The van der Waals surface area contributed by atoms with Crippen molar-refractivity contribution in [1.82, 2.24) is 9.78 Å². The molecule has 0 bridgehead atoms. The van der Waals surface area contributed by atoms with Crippen LogP contribution < -0.4 is 10.5 Å². The Labute approximate surface area is 112 Å². The van der Waals surface area contributed by atoms with E-state index in [2.05, 4.69) is 5.10 Å². The average Bonchev–Trinajstić information content (AvgIpc) is 2.76. The molecular formula is C14H18FN3O. The Balaban J connectivity index is 2.11. The molecule has 1 aromatic heterocycles. The van der Waals surface area contributed by atoms with E-state index in [1.807, 2.05) is 24.6 Å². The SMILES string of the molecule is CCn1nc(C)cc1COc1cc(F)cc(CN)c1. The van der Waals surface area contributed by atoms with Crippen molar-refractivity contribution in [2.45, 2.75) is 33.5 Å². The third-order valence-electron chi connectivity index (χ3n) is 2.84. The first kappa shape index (κ1) is 13.5. The van der Waals surface area contributed by atoms with Crippen LogP contribution in [0.2, 0.25) is 0 Å². The van der Waals surface area contributed by atoms with Crippen molar-refractivity contribution in [1.29, 1.82) is 0 Å². The molecule has 5 heteroatoms. The van der Waals surface area contributed by atoms with E-state index in [9.17, 15) is 4.39 Å². The molecule has 0 amide bonds. The van der Waals surface area contributed by atoms with Crippen molar-refractivity contribution in [3.63, 3.8) is 0 Å². The highest BCUT2D eigenvalue weighted by molar-refractivity contribution is 5.29. The van der Waals surface area contributed by atoms with E-state index in [0.29, 0.717) is 18.9 Å². The van der Waals surface area contributed by atoms with Gasteiger partial charge in [0.25, 0.3) is 0 Å². The van der Waals surface area contributed by atoms with Crippen molar-refractivity contribution >= 4 is 0 Å². The van der Waals surface area contributed by atoms with Gasteiger partial charge in [-0.2, -0.15) is 5.10 Å². The maximum absolute atomic E-state index is 13.3. The molecule has 0 saturated carbocycles. The molecule has 2 aromatic rings. The van der Waals surface area contributed by atoms with Crippen LogP contribution in [0.3, 0.4) is 0 Å². The second kappa shape index (κ2) is 5.84. The second-order valence-corrected chi connectivity index (χ2v) is 4.38. The van der Waals surface area contributed by atoms with Gasteiger partial charge in [0.05, 0.1) is 11.4 Å². The molecule has 4 nitrogen and oxygen atoms in total. The van der Waals surface area contributed by atoms with Crippen LogP contribution in [-0.4, -0.2) is 9.78 Å². The molecule has 0 saturated heterocycles. The monoisotopic (exact) mass is 263 g/mol. The molecular weight excluding hydrogens is 245 g/mol. The first-order valence-corrected chi connectivity index (χ1v) is 6.28. The van der Waals surface area contributed by atoms with Crippen LogP contribution in [0.5, 0.6) is 5.75 Å². The highest BCUT2D eigenvalue weighted by Crippen LogP contribution is 2.18.